The number of rotatable bonds is 2. The van der Waals surface area contributed by atoms with Gasteiger partial charge in [0.25, 0.3) is 0 Å². The SMILES string of the molecule is N#Cc1ccc(Sc2ccccc2Br)c(Br)c1. The van der Waals surface area contributed by atoms with Crippen molar-refractivity contribution in [2.24, 2.45) is 0 Å². The van der Waals surface area contributed by atoms with Crippen LogP contribution >= 0.6 is 43.6 Å². The summed E-state index contributed by atoms with van der Waals surface area (Å²) >= 11 is 8.66. The number of hydrogen-bond acceptors (Lipinski definition) is 2. The number of nitriles is 1. The van der Waals surface area contributed by atoms with Crippen molar-refractivity contribution in [2.75, 3.05) is 0 Å². The highest BCUT2D eigenvalue weighted by Gasteiger charge is 2.05. The molecule has 2 aromatic rings. The molecule has 0 heterocycles. The third kappa shape index (κ3) is 3.12. The number of halogens is 2. The molecule has 0 N–H and O–H groups in total. The van der Waals surface area contributed by atoms with E-state index in [1.807, 2.05) is 36.4 Å². The lowest BCUT2D eigenvalue weighted by Gasteiger charge is -2.06. The van der Waals surface area contributed by atoms with Crippen LogP contribution in [0.2, 0.25) is 0 Å². The molecular weight excluding hydrogens is 362 g/mol. The number of benzene rings is 2. The third-order valence-corrected chi connectivity index (χ3v) is 5.14. The van der Waals surface area contributed by atoms with E-state index in [1.54, 1.807) is 11.8 Å². The zero-order valence-electron chi connectivity index (χ0n) is 8.65. The molecule has 0 unspecified atom stereocenters. The van der Waals surface area contributed by atoms with E-state index in [-0.39, 0.29) is 0 Å². The molecule has 0 saturated carbocycles. The summed E-state index contributed by atoms with van der Waals surface area (Å²) in [7, 11) is 0. The van der Waals surface area contributed by atoms with Gasteiger partial charge in [0.2, 0.25) is 0 Å². The first kappa shape index (κ1) is 12.7. The van der Waals surface area contributed by atoms with Crippen LogP contribution in [0, 0.1) is 11.3 Å². The summed E-state index contributed by atoms with van der Waals surface area (Å²) in [6, 6.07) is 15.8. The topological polar surface area (TPSA) is 23.8 Å². The molecule has 0 aromatic heterocycles. The molecule has 0 radical (unpaired) electrons. The van der Waals surface area contributed by atoms with E-state index in [9.17, 15) is 0 Å². The van der Waals surface area contributed by atoms with Gasteiger partial charge in [-0.1, -0.05) is 23.9 Å². The first-order valence-corrected chi connectivity index (χ1v) is 7.23. The van der Waals surface area contributed by atoms with E-state index in [1.165, 1.54) is 0 Å². The largest absolute Gasteiger partial charge is 0.192 e. The molecule has 1 nitrogen and oxygen atoms in total. The molecule has 0 aliphatic rings. The quantitative estimate of drug-likeness (QED) is 0.724. The van der Waals surface area contributed by atoms with E-state index >= 15 is 0 Å². The highest BCUT2D eigenvalue weighted by Crippen LogP contribution is 2.37. The summed E-state index contributed by atoms with van der Waals surface area (Å²) in [6.07, 6.45) is 0. The monoisotopic (exact) mass is 367 g/mol. The summed E-state index contributed by atoms with van der Waals surface area (Å²) in [4.78, 5) is 2.24. The minimum atomic E-state index is 0.661. The second-order valence-corrected chi connectivity index (χ2v) is 6.08. The van der Waals surface area contributed by atoms with Gasteiger partial charge in [0.05, 0.1) is 11.6 Å². The van der Waals surface area contributed by atoms with Gasteiger partial charge < -0.3 is 0 Å². The zero-order valence-corrected chi connectivity index (χ0v) is 12.6. The van der Waals surface area contributed by atoms with Crippen molar-refractivity contribution < 1.29 is 0 Å². The summed E-state index contributed by atoms with van der Waals surface area (Å²) in [6.45, 7) is 0. The molecule has 2 aromatic carbocycles. The molecule has 0 spiro atoms. The Kier molecular flexibility index (Phi) is 4.27. The normalized spacial score (nSPS) is 9.94. The van der Waals surface area contributed by atoms with Gasteiger partial charge >= 0.3 is 0 Å². The lowest BCUT2D eigenvalue weighted by Crippen LogP contribution is -1.80. The van der Waals surface area contributed by atoms with Gasteiger partial charge in [-0.3, -0.25) is 0 Å². The third-order valence-electron chi connectivity index (χ3n) is 2.12. The molecule has 0 atom stereocenters. The fourth-order valence-corrected chi connectivity index (χ4v) is 3.29. The predicted molar refractivity (Wildman–Crippen MR) is 77.1 cm³/mol. The van der Waals surface area contributed by atoms with Crippen molar-refractivity contribution in [2.45, 2.75) is 9.79 Å². The molecule has 0 aliphatic heterocycles. The minimum Gasteiger partial charge on any atom is -0.192 e. The molecule has 17 heavy (non-hydrogen) atoms. The van der Waals surface area contributed by atoms with Crippen LogP contribution in [-0.2, 0) is 0 Å². The summed E-state index contributed by atoms with van der Waals surface area (Å²) in [5.74, 6) is 0. The Labute approximate surface area is 121 Å². The average Bonchev–Trinajstić information content (AvgIpc) is 2.34. The van der Waals surface area contributed by atoms with E-state index in [0.717, 1.165) is 18.7 Å². The van der Waals surface area contributed by atoms with E-state index in [0.29, 0.717) is 5.56 Å². The van der Waals surface area contributed by atoms with Gasteiger partial charge in [-0.25, -0.2) is 0 Å². The fraction of sp³-hybridized carbons (Fsp3) is 0. The van der Waals surface area contributed by atoms with Gasteiger partial charge in [-0.15, -0.1) is 0 Å². The molecule has 2 rings (SSSR count). The summed E-state index contributed by atoms with van der Waals surface area (Å²) in [5, 5.41) is 8.80. The van der Waals surface area contributed by atoms with Crippen molar-refractivity contribution in [1.82, 2.24) is 0 Å². The van der Waals surface area contributed by atoms with Crippen molar-refractivity contribution in [3.63, 3.8) is 0 Å². The highest BCUT2D eigenvalue weighted by atomic mass is 79.9. The van der Waals surface area contributed by atoms with Crippen LogP contribution in [-0.4, -0.2) is 0 Å². The number of nitrogens with zero attached hydrogens (tertiary/aromatic N) is 1. The Morgan fingerprint density at radius 2 is 1.65 bits per heavy atom. The summed E-state index contributed by atoms with van der Waals surface area (Å²) < 4.78 is 2.01. The molecule has 0 aliphatic carbocycles. The maximum absolute atomic E-state index is 8.80. The lowest BCUT2D eigenvalue weighted by atomic mass is 10.2. The van der Waals surface area contributed by atoms with Gasteiger partial charge in [-0.2, -0.15) is 5.26 Å². The van der Waals surface area contributed by atoms with Crippen LogP contribution in [0.4, 0.5) is 0 Å². The lowest BCUT2D eigenvalue weighted by molar-refractivity contribution is 1.34. The second-order valence-electron chi connectivity index (χ2n) is 3.29. The summed E-state index contributed by atoms with van der Waals surface area (Å²) in [5.41, 5.74) is 0.661. The van der Waals surface area contributed by atoms with E-state index in [2.05, 4.69) is 44.0 Å². The molecular formula is C13H7Br2NS. The van der Waals surface area contributed by atoms with E-state index in [4.69, 9.17) is 5.26 Å². The van der Waals surface area contributed by atoms with Crippen molar-refractivity contribution in [3.05, 3.63) is 57.0 Å². The van der Waals surface area contributed by atoms with Crippen molar-refractivity contribution in [3.8, 4) is 6.07 Å². The first-order chi connectivity index (χ1) is 8.20. The maximum atomic E-state index is 8.80. The molecule has 0 fully saturated rings. The van der Waals surface area contributed by atoms with Crippen molar-refractivity contribution >= 4 is 43.6 Å². The van der Waals surface area contributed by atoms with Crippen LogP contribution in [0.5, 0.6) is 0 Å². The van der Waals surface area contributed by atoms with Gasteiger partial charge in [-0.05, 0) is 62.2 Å². The fourth-order valence-electron chi connectivity index (χ4n) is 1.30. The molecule has 4 heteroatoms. The van der Waals surface area contributed by atoms with Crippen LogP contribution in [0.15, 0.2) is 61.2 Å². The first-order valence-electron chi connectivity index (χ1n) is 4.83. The Morgan fingerprint density at radius 3 is 2.29 bits per heavy atom. The Bertz CT molecular complexity index is 590. The van der Waals surface area contributed by atoms with Crippen LogP contribution < -0.4 is 0 Å². The predicted octanol–water partition coefficient (Wildman–Crippen LogP) is 5.23. The molecule has 0 amide bonds. The van der Waals surface area contributed by atoms with Crippen LogP contribution in [0.3, 0.4) is 0 Å². The number of hydrogen-bond donors (Lipinski definition) is 0. The van der Waals surface area contributed by atoms with Crippen molar-refractivity contribution in [1.29, 1.82) is 5.26 Å². The molecule has 0 saturated heterocycles. The minimum absolute atomic E-state index is 0.661. The average molecular weight is 369 g/mol. The Hall–Kier alpha value is -0.760. The smallest absolute Gasteiger partial charge is 0.0992 e. The maximum Gasteiger partial charge on any atom is 0.0992 e. The van der Waals surface area contributed by atoms with Crippen LogP contribution in [0.25, 0.3) is 0 Å². The Morgan fingerprint density at radius 1 is 0.941 bits per heavy atom. The van der Waals surface area contributed by atoms with E-state index < -0.39 is 0 Å². The zero-order chi connectivity index (χ0) is 12.3. The highest BCUT2D eigenvalue weighted by molar-refractivity contribution is 9.11. The van der Waals surface area contributed by atoms with Gasteiger partial charge in [0.15, 0.2) is 0 Å². The molecule has 0 bridgehead atoms. The van der Waals surface area contributed by atoms with Gasteiger partial charge in [0, 0.05) is 18.7 Å². The second kappa shape index (κ2) is 5.72. The Balaban J connectivity index is 2.32. The van der Waals surface area contributed by atoms with Crippen LogP contribution in [0.1, 0.15) is 5.56 Å². The molecule has 84 valence electrons. The van der Waals surface area contributed by atoms with Gasteiger partial charge in [0.1, 0.15) is 0 Å². The standard InChI is InChI=1S/C13H7Br2NS/c14-10-3-1-2-4-12(10)17-13-6-5-9(8-16)7-11(13)15/h1-7H.